The third-order valence-electron chi connectivity index (χ3n) is 5.51. The van der Waals surface area contributed by atoms with Crippen LogP contribution in [-0.4, -0.2) is 18.7 Å². The van der Waals surface area contributed by atoms with Gasteiger partial charge in [-0.25, -0.2) is 5.43 Å². The van der Waals surface area contributed by atoms with Gasteiger partial charge in [0.05, 0.1) is 6.21 Å². The average molecular weight is 473 g/mol. The molecule has 0 aliphatic heterocycles. The average Bonchev–Trinajstić information content (AvgIpc) is 2.82. The minimum Gasteiger partial charge on any atom is -0.489 e. The van der Waals surface area contributed by atoms with Gasteiger partial charge < -0.3 is 9.47 Å². The monoisotopic (exact) mass is 472 g/mol. The number of benzene rings is 3. The van der Waals surface area contributed by atoms with E-state index in [2.05, 4.69) is 57.3 Å². The van der Waals surface area contributed by atoms with E-state index < -0.39 is 0 Å². The van der Waals surface area contributed by atoms with Crippen molar-refractivity contribution in [2.75, 3.05) is 6.61 Å². The highest BCUT2D eigenvalue weighted by Gasteiger charge is 2.27. The molecular weight excluding hydrogens is 436 g/mol. The van der Waals surface area contributed by atoms with E-state index in [4.69, 9.17) is 9.47 Å². The quantitative estimate of drug-likeness (QED) is 0.270. The number of ether oxygens (including phenoxy) is 2. The van der Waals surface area contributed by atoms with Gasteiger partial charge in [0, 0.05) is 0 Å². The number of carbonyl (C=O) groups excluding carboxylic acids is 1. The molecule has 3 aromatic carbocycles. The molecule has 0 fully saturated rings. The van der Waals surface area contributed by atoms with Crippen molar-refractivity contribution in [3.8, 4) is 11.5 Å². The highest BCUT2D eigenvalue weighted by atomic mass is 16.5. The molecule has 0 aromatic heterocycles. The van der Waals surface area contributed by atoms with Crippen LogP contribution < -0.4 is 14.9 Å². The zero-order chi connectivity index (χ0) is 25.3. The predicted octanol–water partition coefficient (Wildman–Crippen LogP) is 6.51. The summed E-state index contributed by atoms with van der Waals surface area (Å²) in [5, 5.41) is 4.01. The molecule has 0 atom stereocenters. The van der Waals surface area contributed by atoms with E-state index in [1.54, 1.807) is 6.21 Å². The molecule has 0 saturated carbocycles. The summed E-state index contributed by atoms with van der Waals surface area (Å²) in [5.41, 5.74) is 6.03. The highest BCUT2D eigenvalue weighted by Crippen LogP contribution is 2.36. The van der Waals surface area contributed by atoms with Crippen LogP contribution in [0.5, 0.6) is 11.5 Å². The van der Waals surface area contributed by atoms with E-state index in [0.29, 0.717) is 12.4 Å². The van der Waals surface area contributed by atoms with Crippen LogP contribution in [0.25, 0.3) is 0 Å². The number of nitrogens with one attached hydrogen (secondary N) is 1. The topological polar surface area (TPSA) is 59.9 Å². The van der Waals surface area contributed by atoms with Crippen molar-refractivity contribution in [3.63, 3.8) is 0 Å². The van der Waals surface area contributed by atoms with Crippen molar-refractivity contribution in [1.29, 1.82) is 0 Å². The lowest BCUT2D eigenvalue weighted by Crippen LogP contribution is -2.25. The maximum atomic E-state index is 12.1. The molecule has 35 heavy (non-hydrogen) atoms. The Kier molecular flexibility index (Phi) is 8.69. The van der Waals surface area contributed by atoms with Crippen molar-refractivity contribution in [1.82, 2.24) is 5.43 Å². The van der Waals surface area contributed by atoms with Crippen molar-refractivity contribution in [2.45, 2.75) is 53.1 Å². The van der Waals surface area contributed by atoms with Crippen molar-refractivity contribution in [2.24, 2.45) is 10.5 Å². The summed E-state index contributed by atoms with van der Waals surface area (Å²) in [6.45, 7) is 11.7. The highest BCUT2D eigenvalue weighted by molar-refractivity contribution is 5.83. The molecule has 184 valence electrons. The summed E-state index contributed by atoms with van der Waals surface area (Å²) >= 11 is 0. The first-order chi connectivity index (χ1) is 16.6. The lowest BCUT2D eigenvalue weighted by atomic mass is 9.72. The molecule has 3 aromatic rings. The lowest BCUT2D eigenvalue weighted by molar-refractivity contribution is -0.123. The molecule has 0 aliphatic rings. The Balaban J connectivity index is 1.41. The van der Waals surface area contributed by atoms with Crippen molar-refractivity contribution >= 4 is 12.1 Å². The molecule has 0 bridgehead atoms. The minimum atomic E-state index is -0.318. The van der Waals surface area contributed by atoms with Crippen LogP contribution >= 0.6 is 0 Å². The van der Waals surface area contributed by atoms with Gasteiger partial charge in [0.2, 0.25) is 0 Å². The summed E-state index contributed by atoms with van der Waals surface area (Å²) in [4.78, 5) is 12.1. The van der Waals surface area contributed by atoms with E-state index in [1.165, 1.54) is 5.56 Å². The van der Waals surface area contributed by atoms with Crippen LogP contribution in [0, 0.1) is 5.41 Å². The number of hydrogen-bond donors (Lipinski definition) is 1. The Morgan fingerprint density at radius 2 is 1.43 bits per heavy atom. The van der Waals surface area contributed by atoms with Gasteiger partial charge in [-0.3, -0.25) is 4.79 Å². The Bertz CT molecular complexity index is 1100. The molecule has 1 amide bonds. The molecular formula is C30H36N2O3. The Morgan fingerprint density at radius 3 is 2.06 bits per heavy atom. The molecule has 0 aliphatic carbocycles. The lowest BCUT2D eigenvalue weighted by Gasteiger charge is -2.33. The Morgan fingerprint density at radius 1 is 0.829 bits per heavy atom. The van der Waals surface area contributed by atoms with Crippen molar-refractivity contribution in [3.05, 3.63) is 95.6 Å². The molecule has 1 N–H and O–H groups in total. The fourth-order valence-electron chi connectivity index (χ4n) is 4.18. The first-order valence-electron chi connectivity index (χ1n) is 11.9. The van der Waals surface area contributed by atoms with Crippen LogP contribution in [0.4, 0.5) is 0 Å². The summed E-state index contributed by atoms with van der Waals surface area (Å²) in [6, 6.07) is 25.5. The minimum absolute atomic E-state index is 0.0646. The standard InChI is InChI=1S/C30H36N2O3/c1-29(2,3)22-30(4,5)25-13-17-27(18-14-25)35-21-28(33)32-31-19-23-11-15-26(16-12-23)34-20-24-9-7-6-8-10-24/h6-19H,20-22H2,1-5H3,(H,32,33)/b31-19-. The molecule has 0 heterocycles. The molecule has 3 rings (SSSR count). The normalized spacial score (nSPS) is 11.9. The first kappa shape index (κ1) is 26.0. The Hall–Kier alpha value is -3.60. The number of carbonyl (C=O) groups is 1. The number of hydrogen-bond acceptors (Lipinski definition) is 4. The van der Waals surface area contributed by atoms with E-state index in [1.807, 2.05) is 66.7 Å². The number of amides is 1. The maximum absolute atomic E-state index is 12.1. The molecule has 5 heteroatoms. The van der Waals surface area contributed by atoms with Gasteiger partial charge in [0.25, 0.3) is 5.91 Å². The molecule has 0 saturated heterocycles. The second kappa shape index (κ2) is 11.7. The second-order valence-corrected chi connectivity index (χ2v) is 10.6. The number of nitrogens with zero attached hydrogens (tertiary/aromatic N) is 1. The van der Waals surface area contributed by atoms with Gasteiger partial charge in [0.1, 0.15) is 18.1 Å². The van der Waals surface area contributed by atoms with Gasteiger partial charge in [0.15, 0.2) is 6.61 Å². The third-order valence-corrected chi connectivity index (χ3v) is 5.51. The van der Waals surface area contributed by atoms with Crippen LogP contribution in [0.2, 0.25) is 0 Å². The van der Waals surface area contributed by atoms with Crippen LogP contribution in [0.1, 0.15) is 57.7 Å². The first-order valence-corrected chi connectivity index (χ1v) is 11.9. The zero-order valence-corrected chi connectivity index (χ0v) is 21.4. The van der Waals surface area contributed by atoms with E-state index in [9.17, 15) is 4.79 Å². The summed E-state index contributed by atoms with van der Waals surface area (Å²) < 4.78 is 11.4. The van der Waals surface area contributed by atoms with E-state index in [-0.39, 0.29) is 23.3 Å². The fourth-order valence-corrected chi connectivity index (χ4v) is 4.18. The van der Waals surface area contributed by atoms with Gasteiger partial charge in [-0.05, 0) is 70.3 Å². The summed E-state index contributed by atoms with van der Waals surface area (Å²) in [5.74, 6) is 1.11. The second-order valence-electron chi connectivity index (χ2n) is 10.6. The summed E-state index contributed by atoms with van der Waals surface area (Å²) in [6.07, 6.45) is 2.66. The Labute approximate surface area is 209 Å². The van der Waals surface area contributed by atoms with Gasteiger partial charge in [-0.1, -0.05) is 77.1 Å². The molecule has 5 nitrogen and oxygen atoms in total. The van der Waals surface area contributed by atoms with Gasteiger partial charge in [-0.15, -0.1) is 0 Å². The summed E-state index contributed by atoms with van der Waals surface area (Å²) in [7, 11) is 0. The molecule has 0 spiro atoms. The number of hydrazone groups is 1. The van der Waals surface area contributed by atoms with Crippen LogP contribution in [0.3, 0.4) is 0 Å². The van der Waals surface area contributed by atoms with Crippen molar-refractivity contribution < 1.29 is 14.3 Å². The van der Waals surface area contributed by atoms with Gasteiger partial charge in [-0.2, -0.15) is 5.10 Å². The fraction of sp³-hybridized carbons (Fsp3) is 0.333. The third kappa shape index (κ3) is 8.93. The smallest absolute Gasteiger partial charge is 0.277 e. The SMILES string of the molecule is CC(C)(C)CC(C)(C)c1ccc(OCC(=O)N/N=C\c2ccc(OCc3ccccc3)cc2)cc1. The van der Waals surface area contributed by atoms with Crippen LogP contribution in [-0.2, 0) is 16.8 Å². The largest absolute Gasteiger partial charge is 0.489 e. The van der Waals surface area contributed by atoms with E-state index in [0.717, 1.165) is 23.3 Å². The van der Waals surface area contributed by atoms with Crippen LogP contribution in [0.15, 0.2) is 84.0 Å². The maximum Gasteiger partial charge on any atom is 0.277 e. The zero-order valence-electron chi connectivity index (χ0n) is 21.4. The molecule has 0 unspecified atom stereocenters. The number of rotatable bonds is 10. The van der Waals surface area contributed by atoms with Gasteiger partial charge >= 0.3 is 0 Å². The van der Waals surface area contributed by atoms with E-state index >= 15 is 0 Å². The predicted molar refractivity (Wildman–Crippen MR) is 142 cm³/mol. The molecule has 0 radical (unpaired) electrons.